The topological polar surface area (TPSA) is 64.4 Å². The molecular formula is C21H31N3O3S. The Kier molecular flexibility index (Phi) is 6.55. The standard InChI is InChI=1S/C21H31N3O3S/c1-6-16(21(26)27-12-13(2)3)24-17(11-23-9-7-8-10-23)22-19-18(20(24)25)14(4)15(5)28-19/h13,16H,6-12H2,1-5H3. The molecule has 2 aromatic rings. The molecule has 3 rings (SSSR count). The first kappa shape index (κ1) is 21.0. The van der Waals surface area contributed by atoms with Crippen molar-refractivity contribution in [3.05, 3.63) is 26.6 Å². The van der Waals surface area contributed by atoms with E-state index in [2.05, 4.69) is 4.90 Å². The maximum absolute atomic E-state index is 13.5. The van der Waals surface area contributed by atoms with Gasteiger partial charge in [-0.3, -0.25) is 14.3 Å². The lowest BCUT2D eigenvalue weighted by Gasteiger charge is -2.23. The molecule has 7 heteroatoms. The van der Waals surface area contributed by atoms with Gasteiger partial charge in [0.1, 0.15) is 16.7 Å². The van der Waals surface area contributed by atoms with Gasteiger partial charge in [0, 0.05) is 4.88 Å². The first-order valence-electron chi connectivity index (χ1n) is 10.2. The molecule has 0 aromatic carbocycles. The molecule has 154 valence electrons. The Morgan fingerprint density at radius 1 is 1.25 bits per heavy atom. The second-order valence-corrected chi connectivity index (χ2v) is 9.30. The average molecular weight is 406 g/mol. The Balaban J connectivity index is 2.10. The van der Waals surface area contributed by atoms with Crippen molar-refractivity contribution in [2.45, 2.75) is 66.5 Å². The summed E-state index contributed by atoms with van der Waals surface area (Å²) < 4.78 is 7.11. The van der Waals surface area contributed by atoms with E-state index in [-0.39, 0.29) is 17.4 Å². The Morgan fingerprint density at radius 3 is 2.54 bits per heavy atom. The highest BCUT2D eigenvalue weighted by Crippen LogP contribution is 2.28. The smallest absolute Gasteiger partial charge is 0.329 e. The molecule has 0 bridgehead atoms. The van der Waals surface area contributed by atoms with E-state index >= 15 is 0 Å². The molecule has 1 saturated heterocycles. The third kappa shape index (κ3) is 4.15. The number of esters is 1. The molecule has 6 nitrogen and oxygen atoms in total. The fourth-order valence-corrected chi connectivity index (χ4v) is 4.76. The summed E-state index contributed by atoms with van der Waals surface area (Å²) in [6.45, 7) is 12.9. The number of thiophene rings is 1. The fourth-order valence-electron chi connectivity index (χ4n) is 3.72. The summed E-state index contributed by atoms with van der Waals surface area (Å²) in [5.41, 5.74) is 0.846. The van der Waals surface area contributed by atoms with Gasteiger partial charge in [0.05, 0.1) is 18.5 Å². The van der Waals surface area contributed by atoms with Crippen molar-refractivity contribution in [2.75, 3.05) is 19.7 Å². The molecule has 1 atom stereocenters. The number of aryl methyl sites for hydroxylation is 2. The number of carbonyl (C=O) groups is 1. The van der Waals surface area contributed by atoms with Crippen molar-refractivity contribution in [3.8, 4) is 0 Å². The van der Waals surface area contributed by atoms with Crippen LogP contribution in [0.1, 0.15) is 62.3 Å². The van der Waals surface area contributed by atoms with Crippen LogP contribution in [0.25, 0.3) is 10.2 Å². The van der Waals surface area contributed by atoms with Gasteiger partial charge in [-0.2, -0.15) is 0 Å². The van der Waals surface area contributed by atoms with Gasteiger partial charge in [-0.25, -0.2) is 9.78 Å². The summed E-state index contributed by atoms with van der Waals surface area (Å²) in [6, 6.07) is -0.639. The van der Waals surface area contributed by atoms with E-state index in [0.29, 0.717) is 30.8 Å². The summed E-state index contributed by atoms with van der Waals surface area (Å²) in [5.74, 6) is 0.588. The van der Waals surface area contributed by atoms with Crippen LogP contribution in [0.15, 0.2) is 4.79 Å². The molecule has 2 aromatic heterocycles. The largest absolute Gasteiger partial charge is 0.464 e. The van der Waals surface area contributed by atoms with E-state index in [9.17, 15) is 9.59 Å². The van der Waals surface area contributed by atoms with Crippen LogP contribution >= 0.6 is 11.3 Å². The lowest BCUT2D eigenvalue weighted by atomic mass is 10.1. The highest BCUT2D eigenvalue weighted by Gasteiger charge is 2.28. The molecule has 0 saturated carbocycles. The second-order valence-electron chi connectivity index (χ2n) is 8.10. The van der Waals surface area contributed by atoms with Crippen molar-refractivity contribution in [2.24, 2.45) is 5.92 Å². The van der Waals surface area contributed by atoms with Gasteiger partial charge >= 0.3 is 5.97 Å². The lowest BCUT2D eigenvalue weighted by molar-refractivity contribution is -0.149. The molecule has 0 N–H and O–H groups in total. The van der Waals surface area contributed by atoms with Gasteiger partial charge in [0.15, 0.2) is 0 Å². The molecule has 0 radical (unpaired) electrons. The summed E-state index contributed by atoms with van der Waals surface area (Å²) in [4.78, 5) is 35.4. The van der Waals surface area contributed by atoms with Crippen LogP contribution in [0.3, 0.4) is 0 Å². The van der Waals surface area contributed by atoms with Gasteiger partial charge in [-0.05, 0) is 57.7 Å². The maximum atomic E-state index is 13.5. The highest BCUT2D eigenvalue weighted by atomic mass is 32.1. The Hall–Kier alpha value is -1.73. The molecular weight excluding hydrogens is 374 g/mol. The van der Waals surface area contributed by atoms with Crippen LogP contribution in [0.4, 0.5) is 0 Å². The van der Waals surface area contributed by atoms with Crippen LogP contribution < -0.4 is 5.56 Å². The highest BCUT2D eigenvalue weighted by molar-refractivity contribution is 7.18. The first-order chi connectivity index (χ1) is 13.3. The number of ether oxygens (including phenoxy) is 1. The van der Waals surface area contributed by atoms with Gasteiger partial charge in [-0.1, -0.05) is 20.8 Å². The molecule has 1 aliphatic heterocycles. The molecule has 1 unspecified atom stereocenters. The number of carbonyl (C=O) groups excluding carboxylic acids is 1. The predicted molar refractivity (Wildman–Crippen MR) is 113 cm³/mol. The molecule has 0 aliphatic carbocycles. The molecule has 1 aliphatic rings. The average Bonchev–Trinajstić information content (AvgIpc) is 3.24. The molecule has 1 fully saturated rings. The van der Waals surface area contributed by atoms with E-state index in [0.717, 1.165) is 41.2 Å². The van der Waals surface area contributed by atoms with Crippen molar-refractivity contribution in [1.82, 2.24) is 14.5 Å². The Bertz CT molecular complexity index is 910. The zero-order valence-electron chi connectivity index (χ0n) is 17.6. The van der Waals surface area contributed by atoms with E-state index < -0.39 is 6.04 Å². The summed E-state index contributed by atoms with van der Waals surface area (Å²) >= 11 is 1.56. The van der Waals surface area contributed by atoms with E-state index in [1.165, 1.54) is 0 Å². The van der Waals surface area contributed by atoms with Gasteiger partial charge < -0.3 is 4.74 Å². The van der Waals surface area contributed by atoms with Crippen LogP contribution in [0.5, 0.6) is 0 Å². The Morgan fingerprint density at radius 2 is 1.93 bits per heavy atom. The zero-order chi connectivity index (χ0) is 20.4. The predicted octanol–water partition coefficient (Wildman–Crippen LogP) is 3.82. The molecule has 28 heavy (non-hydrogen) atoms. The van der Waals surface area contributed by atoms with Crippen LogP contribution in [0, 0.1) is 19.8 Å². The number of likely N-dealkylation sites (tertiary alicyclic amines) is 1. The minimum Gasteiger partial charge on any atom is -0.464 e. The third-order valence-corrected chi connectivity index (χ3v) is 6.50. The number of hydrogen-bond donors (Lipinski definition) is 0. The fraction of sp³-hybridized carbons (Fsp3) is 0.667. The van der Waals surface area contributed by atoms with E-state index in [1.807, 2.05) is 34.6 Å². The minimum atomic E-state index is -0.639. The monoisotopic (exact) mass is 405 g/mol. The quantitative estimate of drug-likeness (QED) is 0.655. The molecule has 0 amide bonds. The van der Waals surface area contributed by atoms with Crippen LogP contribution in [-0.2, 0) is 16.1 Å². The minimum absolute atomic E-state index is 0.116. The van der Waals surface area contributed by atoms with Crippen LogP contribution in [-0.4, -0.2) is 40.1 Å². The summed E-state index contributed by atoms with van der Waals surface area (Å²) in [7, 11) is 0. The SMILES string of the molecule is CCC(C(=O)OCC(C)C)n1c(CN2CCCC2)nc2sc(C)c(C)c2c1=O. The Labute approximate surface area is 170 Å². The maximum Gasteiger partial charge on any atom is 0.329 e. The zero-order valence-corrected chi connectivity index (χ0v) is 18.4. The second kappa shape index (κ2) is 8.74. The normalized spacial score (nSPS) is 16.2. The van der Waals surface area contributed by atoms with Crippen molar-refractivity contribution >= 4 is 27.5 Å². The van der Waals surface area contributed by atoms with Gasteiger partial charge in [0.25, 0.3) is 5.56 Å². The van der Waals surface area contributed by atoms with Crippen molar-refractivity contribution < 1.29 is 9.53 Å². The third-order valence-electron chi connectivity index (χ3n) is 5.40. The van der Waals surface area contributed by atoms with E-state index in [1.54, 1.807) is 15.9 Å². The number of rotatable bonds is 7. The van der Waals surface area contributed by atoms with Crippen molar-refractivity contribution in [1.29, 1.82) is 0 Å². The summed E-state index contributed by atoms with van der Waals surface area (Å²) in [5, 5.41) is 0.641. The molecule has 3 heterocycles. The lowest BCUT2D eigenvalue weighted by Crippen LogP contribution is -2.36. The van der Waals surface area contributed by atoms with Gasteiger partial charge in [-0.15, -0.1) is 11.3 Å². The van der Waals surface area contributed by atoms with Crippen LogP contribution in [0.2, 0.25) is 0 Å². The number of nitrogens with zero attached hydrogens (tertiary/aromatic N) is 3. The van der Waals surface area contributed by atoms with E-state index in [4.69, 9.17) is 9.72 Å². The number of fused-ring (bicyclic) bond motifs is 1. The van der Waals surface area contributed by atoms with Gasteiger partial charge in [0.2, 0.25) is 0 Å². The number of hydrogen-bond acceptors (Lipinski definition) is 6. The summed E-state index contributed by atoms with van der Waals surface area (Å²) in [6.07, 6.45) is 2.83. The number of aromatic nitrogens is 2. The van der Waals surface area contributed by atoms with Crippen molar-refractivity contribution in [3.63, 3.8) is 0 Å². The first-order valence-corrected chi connectivity index (χ1v) is 11.0. The molecule has 0 spiro atoms.